The summed E-state index contributed by atoms with van der Waals surface area (Å²) in [5.74, 6) is 0.336. The lowest BCUT2D eigenvalue weighted by Crippen LogP contribution is -2.46. The van der Waals surface area contributed by atoms with Crippen LogP contribution in [-0.4, -0.2) is 48.9 Å². The summed E-state index contributed by atoms with van der Waals surface area (Å²) in [6.07, 6.45) is 6.63. The molecule has 1 amide bonds. The summed E-state index contributed by atoms with van der Waals surface area (Å²) in [5, 5.41) is 23.1. The highest BCUT2D eigenvalue weighted by Crippen LogP contribution is 2.38. The van der Waals surface area contributed by atoms with Crippen molar-refractivity contribution in [2.24, 2.45) is 5.92 Å². The highest BCUT2D eigenvalue weighted by atomic mass is 32.1. The zero-order chi connectivity index (χ0) is 22.3. The molecule has 2 aromatic heterocycles. The molecule has 0 aliphatic heterocycles. The monoisotopic (exact) mass is 454 g/mol. The number of nitrogens with one attached hydrogen (secondary N) is 1. The molecule has 8 nitrogen and oxygen atoms in total. The number of fused-ring (bicyclic) bond motifs is 1. The summed E-state index contributed by atoms with van der Waals surface area (Å²) < 4.78 is 6.71. The summed E-state index contributed by atoms with van der Waals surface area (Å²) in [6, 6.07) is 5.89. The third-order valence-electron chi connectivity index (χ3n) is 6.24. The van der Waals surface area contributed by atoms with E-state index >= 15 is 0 Å². The number of hydrogen-bond acceptors (Lipinski definition) is 8. The second kappa shape index (κ2) is 8.47. The molecule has 0 spiro atoms. The SMILES string of the molecule is CC1(O)CC(C(=O)Nc2nc3ccc(-c4cnc(CO[C@H]5CCC[C@@H]5O)nc4)cc3s2)C1. The van der Waals surface area contributed by atoms with Crippen LogP contribution in [0.15, 0.2) is 30.6 Å². The Kier molecular flexibility index (Phi) is 5.66. The van der Waals surface area contributed by atoms with Gasteiger partial charge in [0.05, 0.1) is 28.0 Å². The molecule has 3 N–H and O–H groups in total. The molecule has 0 radical (unpaired) electrons. The van der Waals surface area contributed by atoms with Gasteiger partial charge in [0, 0.05) is 23.9 Å². The molecule has 2 aliphatic carbocycles. The highest BCUT2D eigenvalue weighted by Gasteiger charge is 2.42. The molecule has 2 fully saturated rings. The van der Waals surface area contributed by atoms with Crippen molar-refractivity contribution in [2.45, 2.75) is 63.4 Å². The van der Waals surface area contributed by atoms with Gasteiger partial charge in [0.15, 0.2) is 11.0 Å². The lowest BCUT2D eigenvalue weighted by molar-refractivity contribution is -0.133. The number of aliphatic hydroxyl groups excluding tert-OH is 1. The topological polar surface area (TPSA) is 117 Å². The Balaban J connectivity index is 1.24. The van der Waals surface area contributed by atoms with E-state index in [2.05, 4.69) is 20.3 Å². The van der Waals surface area contributed by atoms with Crippen molar-refractivity contribution in [3.8, 4) is 11.1 Å². The van der Waals surface area contributed by atoms with Crippen molar-refractivity contribution in [3.63, 3.8) is 0 Å². The first-order chi connectivity index (χ1) is 15.4. The predicted molar refractivity (Wildman–Crippen MR) is 121 cm³/mol. The van der Waals surface area contributed by atoms with E-state index in [-0.39, 0.29) is 24.5 Å². The van der Waals surface area contributed by atoms with E-state index in [4.69, 9.17) is 4.74 Å². The van der Waals surface area contributed by atoms with E-state index in [1.54, 1.807) is 19.3 Å². The Morgan fingerprint density at radius 2 is 2.03 bits per heavy atom. The minimum absolute atomic E-state index is 0.0906. The first kappa shape index (κ1) is 21.4. The van der Waals surface area contributed by atoms with E-state index in [0.29, 0.717) is 23.8 Å². The molecule has 2 saturated carbocycles. The summed E-state index contributed by atoms with van der Waals surface area (Å²) >= 11 is 1.42. The fraction of sp³-hybridized carbons (Fsp3) is 0.478. The number of aromatic nitrogens is 3. The molecule has 0 bridgehead atoms. The lowest BCUT2D eigenvalue weighted by atomic mass is 9.72. The number of thiazole rings is 1. The van der Waals surface area contributed by atoms with E-state index in [0.717, 1.165) is 40.6 Å². The number of anilines is 1. The first-order valence-electron chi connectivity index (χ1n) is 10.9. The summed E-state index contributed by atoms with van der Waals surface area (Å²) in [6.45, 7) is 2.04. The van der Waals surface area contributed by atoms with Gasteiger partial charge in [-0.1, -0.05) is 17.4 Å². The van der Waals surface area contributed by atoms with Gasteiger partial charge in [-0.2, -0.15) is 0 Å². The number of amides is 1. The lowest BCUT2D eigenvalue weighted by Gasteiger charge is -2.39. The minimum atomic E-state index is -0.730. The van der Waals surface area contributed by atoms with Crippen molar-refractivity contribution < 1.29 is 19.7 Å². The van der Waals surface area contributed by atoms with Gasteiger partial charge in [0.25, 0.3) is 0 Å². The van der Waals surface area contributed by atoms with Crippen molar-refractivity contribution in [1.82, 2.24) is 15.0 Å². The third kappa shape index (κ3) is 4.52. The number of carbonyl (C=O) groups is 1. The Morgan fingerprint density at radius 1 is 1.25 bits per heavy atom. The Morgan fingerprint density at radius 3 is 2.72 bits per heavy atom. The van der Waals surface area contributed by atoms with Gasteiger partial charge in [-0.3, -0.25) is 4.79 Å². The van der Waals surface area contributed by atoms with E-state index in [1.807, 2.05) is 18.2 Å². The van der Waals surface area contributed by atoms with E-state index in [9.17, 15) is 15.0 Å². The summed E-state index contributed by atoms with van der Waals surface area (Å²) in [4.78, 5) is 25.7. The Bertz CT molecular complexity index is 1120. The van der Waals surface area contributed by atoms with Crippen molar-refractivity contribution in [3.05, 3.63) is 36.4 Å². The van der Waals surface area contributed by atoms with Crippen LogP contribution in [0, 0.1) is 5.92 Å². The van der Waals surface area contributed by atoms with E-state index < -0.39 is 11.7 Å². The molecule has 9 heteroatoms. The number of nitrogens with zero attached hydrogens (tertiary/aromatic N) is 3. The van der Waals surface area contributed by atoms with Crippen LogP contribution in [0.2, 0.25) is 0 Å². The number of carbonyl (C=O) groups excluding carboxylic acids is 1. The Hall–Kier alpha value is -2.46. The molecular weight excluding hydrogens is 428 g/mol. The maximum atomic E-state index is 12.3. The second-order valence-corrected chi connectivity index (χ2v) is 10.1. The molecular formula is C23H26N4O4S. The van der Waals surface area contributed by atoms with Crippen LogP contribution in [0.25, 0.3) is 21.3 Å². The summed E-state index contributed by atoms with van der Waals surface area (Å²) in [5.41, 5.74) is 1.93. The zero-order valence-corrected chi connectivity index (χ0v) is 18.6. The molecule has 2 heterocycles. The van der Waals surface area contributed by atoms with Crippen molar-refractivity contribution in [2.75, 3.05) is 5.32 Å². The average molecular weight is 455 g/mol. The second-order valence-electron chi connectivity index (χ2n) is 9.03. The smallest absolute Gasteiger partial charge is 0.229 e. The van der Waals surface area contributed by atoms with E-state index in [1.165, 1.54) is 11.3 Å². The molecule has 3 aromatic rings. The van der Waals surface area contributed by atoms with Crippen LogP contribution in [0.5, 0.6) is 0 Å². The third-order valence-corrected chi connectivity index (χ3v) is 7.18. The quantitative estimate of drug-likeness (QED) is 0.523. The molecule has 32 heavy (non-hydrogen) atoms. The Labute approximate surface area is 189 Å². The number of hydrogen-bond donors (Lipinski definition) is 3. The van der Waals surface area contributed by atoms with Gasteiger partial charge in [-0.15, -0.1) is 0 Å². The normalized spacial score (nSPS) is 27.4. The van der Waals surface area contributed by atoms with Crippen molar-refractivity contribution in [1.29, 1.82) is 0 Å². The number of rotatable bonds is 6. The van der Waals surface area contributed by atoms with Crippen LogP contribution >= 0.6 is 11.3 Å². The van der Waals surface area contributed by atoms with Crippen LogP contribution in [0.1, 0.15) is 44.9 Å². The van der Waals surface area contributed by atoms with Crippen molar-refractivity contribution >= 4 is 32.6 Å². The van der Waals surface area contributed by atoms with Crippen LogP contribution < -0.4 is 5.32 Å². The molecule has 5 rings (SSSR count). The molecule has 2 aliphatic rings. The number of benzene rings is 1. The predicted octanol–water partition coefficient (Wildman–Crippen LogP) is 3.28. The largest absolute Gasteiger partial charge is 0.390 e. The summed E-state index contributed by atoms with van der Waals surface area (Å²) in [7, 11) is 0. The molecule has 0 unspecified atom stereocenters. The van der Waals surface area contributed by atoms with Gasteiger partial charge < -0.3 is 20.3 Å². The average Bonchev–Trinajstić information content (AvgIpc) is 3.35. The minimum Gasteiger partial charge on any atom is -0.390 e. The van der Waals surface area contributed by atoms with Gasteiger partial charge in [0.2, 0.25) is 5.91 Å². The standard InChI is InChI=1S/C23H26N4O4S/c1-23(30)8-14(9-23)21(29)27-22-26-16-6-5-13(7-19(16)32-22)15-10-24-20(25-11-15)12-31-18-4-2-3-17(18)28/h5-7,10-11,14,17-18,28,30H,2-4,8-9,12H2,1H3,(H,26,27,29)/t14?,17-,18-,23?/m0/s1. The molecule has 2 atom stereocenters. The van der Waals surface area contributed by atoms with Gasteiger partial charge >= 0.3 is 0 Å². The molecule has 1 aromatic carbocycles. The van der Waals surface area contributed by atoms with Gasteiger partial charge in [-0.05, 0) is 56.7 Å². The van der Waals surface area contributed by atoms with Crippen LogP contribution in [0.3, 0.4) is 0 Å². The highest BCUT2D eigenvalue weighted by molar-refractivity contribution is 7.22. The maximum Gasteiger partial charge on any atom is 0.229 e. The fourth-order valence-corrected chi connectivity index (χ4v) is 5.32. The fourth-order valence-electron chi connectivity index (χ4n) is 4.41. The van der Waals surface area contributed by atoms with Gasteiger partial charge in [0.1, 0.15) is 6.61 Å². The number of ether oxygens (including phenoxy) is 1. The maximum absolute atomic E-state index is 12.3. The number of aliphatic hydroxyl groups is 2. The van der Waals surface area contributed by atoms with Gasteiger partial charge in [-0.25, -0.2) is 15.0 Å². The zero-order valence-electron chi connectivity index (χ0n) is 17.8. The first-order valence-corrected chi connectivity index (χ1v) is 11.7. The molecule has 168 valence electrons. The molecule has 0 saturated heterocycles. The van der Waals surface area contributed by atoms with Crippen LogP contribution in [-0.2, 0) is 16.1 Å². The van der Waals surface area contributed by atoms with Crippen LogP contribution in [0.4, 0.5) is 5.13 Å².